The molecule has 4 nitrogen and oxygen atoms in total. The highest BCUT2D eigenvalue weighted by atomic mass is 16.5. The van der Waals surface area contributed by atoms with E-state index < -0.39 is 0 Å². The Morgan fingerprint density at radius 2 is 2.05 bits per heavy atom. The van der Waals surface area contributed by atoms with E-state index in [-0.39, 0.29) is 12.2 Å². The molecule has 4 heteroatoms. The predicted molar refractivity (Wildman–Crippen MR) is 83.2 cm³/mol. The molecule has 1 aliphatic heterocycles. The van der Waals surface area contributed by atoms with Crippen LogP contribution in [0.4, 0.5) is 5.82 Å². The summed E-state index contributed by atoms with van der Waals surface area (Å²) in [5.74, 6) is 1.10. The van der Waals surface area contributed by atoms with Gasteiger partial charge in [-0.25, -0.2) is 4.98 Å². The van der Waals surface area contributed by atoms with Gasteiger partial charge in [-0.15, -0.1) is 0 Å². The van der Waals surface area contributed by atoms with Crippen LogP contribution in [0.25, 0.3) is 0 Å². The van der Waals surface area contributed by atoms with Crippen molar-refractivity contribution in [2.24, 2.45) is 0 Å². The van der Waals surface area contributed by atoms with E-state index in [0.717, 1.165) is 38.4 Å². The molecule has 0 radical (unpaired) electrons. The fourth-order valence-electron chi connectivity index (χ4n) is 2.81. The summed E-state index contributed by atoms with van der Waals surface area (Å²) in [6.07, 6.45) is 3.70. The molecule has 0 amide bonds. The zero-order valence-corrected chi connectivity index (χ0v) is 13.1. The molecule has 0 spiro atoms. The van der Waals surface area contributed by atoms with Crippen LogP contribution in [-0.4, -0.2) is 36.8 Å². The zero-order chi connectivity index (χ0) is 14.5. The van der Waals surface area contributed by atoms with Gasteiger partial charge >= 0.3 is 0 Å². The molecule has 0 aliphatic carbocycles. The van der Waals surface area contributed by atoms with E-state index >= 15 is 0 Å². The molecule has 2 heterocycles. The van der Waals surface area contributed by atoms with Crippen LogP contribution in [0.15, 0.2) is 12.3 Å². The SMILES string of the molecule is CCCNCc1cnc(N2C[C@@H](C)O[C@@H](C)C2)c(C)c1. The van der Waals surface area contributed by atoms with Crippen LogP contribution in [0, 0.1) is 6.92 Å². The standard InChI is InChI=1S/C16H27N3O/c1-5-6-17-8-15-7-12(2)16(18-9-15)19-10-13(3)20-14(4)11-19/h7,9,13-14,17H,5-6,8,10-11H2,1-4H3/t13-,14+. The van der Waals surface area contributed by atoms with E-state index in [2.05, 4.69) is 49.0 Å². The second-order valence-electron chi connectivity index (χ2n) is 5.82. The second-order valence-corrected chi connectivity index (χ2v) is 5.82. The fourth-order valence-corrected chi connectivity index (χ4v) is 2.81. The second kappa shape index (κ2) is 7.04. The number of hydrogen-bond donors (Lipinski definition) is 1. The number of aryl methyl sites for hydroxylation is 1. The van der Waals surface area contributed by atoms with E-state index in [1.165, 1.54) is 11.1 Å². The van der Waals surface area contributed by atoms with Gasteiger partial charge in [0.25, 0.3) is 0 Å². The van der Waals surface area contributed by atoms with E-state index in [4.69, 9.17) is 4.74 Å². The molecule has 1 N–H and O–H groups in total. The van der Waals surface area contributed by atoms with Crippen molar-refractivity contribution in [1.82, 2.24) is 10.3 Å². The Balaban J connectivity index is 2.05. The van der Waals surface area contributed by atoms with Crippen molar-refractivity contribution in [2.45, 2.75) is 52.9 Å². The summed E-state index contributed by atoms with van der Waals surface area (Å²) in [7, 11) is 0. The summed E-state index contributed by atoms with van der Waals surface area (Å²) in [6, 6.07) is 2.25. The number of aromatic nitrogens is 1. The smallest absolute Gasteiger partial charge is 0.131 e. The van der Waals surface area contributed by atoms with Crippen molar-refractivity contribution in [3.8, 4) is 0 Å². The minimum Gasteiger partial charge on any atom is -0.372 e. The quantitative estimate of drug-likeness (QED) is 0.839. The monoisotopic (exact) mass is 277 g/mol. The van der Waals surface area contributed by atoms with Gasteiger partial charge < -0.3 is 15.0 Å². The largest absolute Gasteiger partial charge is 0.372 e. The molecule has 2 atom stereocenters. The minimum absolute atomic E-state index is 0.269. The average Bonchev–Trinajstić information content (AvgIpc) is 2.38. The highest BCUT2D eigenvalue weighted by molar-refractivity contribution is 5.48. The molecular formula is C16H27N3O. The molecule has 1 aromatic rings. The Bertz CT molecular complexity index is 426. The highest BCUT2D eigenvalue weighted by Crippen LogP contribution is 2.22. The van der Waals surface area contributed by atoms with Crippen LogP contribution in [0.5, 0.6) is 0 Å². The maximum Gasteiger partial charge on any atom is 0.131 e. The summed E-state index contributed by atoms with van der Waals surface area (Å²) >= 11 is 0. The van der Waals surface area contributed by atoms with E-state index in [9.17, 15) is 0 Å². The Kier molecular flexibility index (Phi) is 5.38. The Morgan fingerprint density at radius 3 is 2.65 bits per heavy atom. The number of rotatable bonds is 5. The first-order valence-electron chi connectivity index (χ1n) is 7.66. The van der Waals surface area contributed by atoms with E-state index in [0.29, 0.717) is 0 Å². The lowest BCUT2D eigenvalue weighted by Gasteiger charge is -2.36. The van der Waals surface area contributed by atoms with Crippen LogP contribution < -0.4 is 10.2 Å². The van der Waals surface area contributed by atoms with Gasteiger partial charge in [0.1, 0.15) is 5.82 Å². The summed E-state index contributed by atoms with van der Waals surface area (Å²) < 4.78 is 5.79. The Labute approximate surface area is 122 Å². The minimum atomic E-state index is 0.269. The summed E-state index contributed by atoms with van der Waals surface area (Å²) in [5.41, 5.74) is 2.51. The summed E-state index contributed by atoms with van der Waals surface area (Å²) in [4.78, 5) is 7.02. The van der Waals surface area contributed by atoms with Gasteiger partial charge in [-0.2, -0.15) is 0 Å². The first-order chi connectivity index (χ1) is 9.60. The lowest BCUT2D eigenvalue weighted by molar-refractivity contribution is -0.00549. The lowest BCUT2D eigenvalue weighted by Crippen LogP contribution is -2.46. The maximum atomic E-state index is 5.79. The topological polar surface area (TPSA) is 37.4 Å². The van der Waals surface area contributed by atoms with Gasteiger partial charge in [-0.3, -0.25) is 0 Å². The molecule has 1 aliphatic rings. The first kappa shape index (κ1) is 15.3. The molecule has 2 rings (SSSR count). The number of hydrogen-bond acceptors (Lipinski definition) is 4. The van der Waals surface area contributed by atoms with Crippen LogP contribution in [0.3, 0.4) is 0 Å². The fraction of sp³-hybridized carbons (Fsp3) is 0.688. The van der Waals surface area contributed by atoms with E-state index in [1.807, 2.05) is 6.20 Å². The van der Waals surface area contributed by atoms with Crippen LogP contribution >= 0.6 is 0 Å². The molecule has 112 valence electrons. The van der Waals surface area contributed by atoms with Crippen molar-refractivity contribution in [3.05, 3.63) is 23.4 Å². The molecule has 0 bridgehead atoms. The third kappa shape index (κ3) is 3.93. The first-order valence-corrected chi connectivity index (χ1v) is 7.66. The third-order valence-electron chi connectivity index (χ3n) is 3.58. The van der Waals surface area contributed by atoms with Gasteiger partial charge in [0.2, 0.25) is 0 Å². The Hall–Kier alpha value is -1.13. The molecule has 0 unspecified atom stereocenters. The van der Waals surface area contributed by atoms with Crippen molar-refractivity contribution in [2.75, 3.05) is 24.5 Å². The zero-order valence-electron chi connectivity index (χ0n) is 13.1. The van der Waals surface area contributed by atoms with Crippen LogP contribution in [0.2, 0.25) is 0 Å². The normalized spacial score (nSPS) is 23.1. The van der Waals surface area contributed by atoms with Crippen LogP contribution in [0.1, 0.15) is 38.3 Å². The van der Waals surface area contributed by atoms with Gasteiger partial charge in [0.05, 0.1) is 12.2 Å². The third-order valence-corrected chi connectivity index (χ3v) is 3.58. The predicted octanol–water partition coefficient (Wildman–Crippen LogP) is 2.50. The van der Waals surface area contributed by atoms with Crippen LogP contribution in [-0.2, 0) is 11.3 Å². The summed E-state index contributed by atoms with van der Waals surface area (Å²) in [5, 5.41) is 3.42. The maximum absolute atomic E-state index is 5.79. The van der Waals surface area contributed by atoms with Crippen molar-refractivity contribution < 1.29 is 4.74 Å². The lowest BCUT2D eigenvalue weighted by atomic mass is 10.1. The number of nitrogens with one attached hydrogen (secondary N) is 1. The highest BCUT2D eigenvalue weighted by Gasteiger charge is 2.24. The molecular weight excluding hydrogens is 250 g/mol. The number of anilines is 1. The van der Waals surface area contributed by atoms with Gasteiger partial charge in [-0.1, -0.05) is 6.92 Å². The molecule has 0 saturated carbocycles. The number of ether oxygens (including phenoxy) is 1. The van der Waals surface area contributed by atoms with Crippen molar-refractivity contribution >= 4 is 5.82 Å². The Morgan fingerprint density at radius 1 is 1.35 bits per heavy atom. The van der Waals surface area contributed by atoms with Crippen molar-refractivity contribution in [1.29, 1.82) is 0 Å². The molecule has 0 aromatic carbocycles. The van der Waals surface area contributed by atoms with Gasteiger partial charge in [0.15, 0.2) is 0 Å². The van der Waals surface area contributed by atoms with Gasteiger partial charge in [-0.05, 0) is 50.9 Å². The number of pyridine rings is 1. The summed E-state index contributed by atoms with van der Waals surface area (Å²) in [6.45, 7) is 12.4. The molecule has 20 heavy (non-hydrogen) atoms. The van der Waals surface area contributed by atoms with E-state index in [1.54, 1.807) is 0 Å². The van der Waals surface area contributed by atoms with Gasteiger partial charge in [0, 0.05) is 25.8 Å². The number of nitrogens with zero attached hydrogens (tertiary/aromatic N) is 2. The molecule has 1 fully saturated rings. The average molecular weight is 277 g/mol. The van der Waals surface area contributed by atoms with Crippen molar-refractivity contribution in [3.63, 3.8) is 0 Å². The molecule has 1 aromatic heterocycles. The molecule has 1 saturated heterocycles. The number of morpholine rings is 1.